The van der Waals surface area contributed by atoms with Gasteiger partial charge in [0, 0.05) is 12.6 Å². The van der Waals surface area contributed by atoms with Crippen molar-refractivity contribution >= 4 is 11.7 Å². The lowest BCUT2D eigenvalue weighted by atomic mass is 10.1. The number of fused-ring (bicyclic) bond motifs is 1. The Morgan fingerprint density at radius 1 is 1.32 bits per heavy atom. The van der Waals surface area contributed by atoms with Crippen molar-refractivity contribution in [3.63, 3.8) is 0 Å². The predicted octanol–water partition coefficient (Wildman–Crippen LogP) is 1.74. The third kappa shape index (κ3) is 1.69. The first-order valence-electron chi connectivity index (χ1n) is 5.79. The van der Waals surface area contributed by atoms with Gasteiger partial charge in [-0.3, -0.25) is 4.57 Å². The lowest BCUT2D eigenvalue weighted by molar-refractivity contribution is 0.0691. The van der Waals surface area contributed by atoms with Crippen LogP contribution in [0, 0.1) is 6.92 Å². The van der Waals surface area contributed by atoms with Crippen molar-refractivity contribution in [3.8, 4) is 11.4 Å². The Hall–Kier alpha value is -2.63. The van der Waals surface area contributed by atoms with Gasteiger partial charge in [-0.2, -0.15) is 0 Å². The summed E-state index contributed by atoms with van der Waals surface area (Å²) in [7, 11) is 1.82. The Balaban J connectivity index is 2.22. The van der Waals surface area contributed by atoms with E-state index in [0.717, 1.165) is 17.0 Å². The summed E-state index contributed by atoms with van der Waals surface area (Å²) in [6, 6.07) is 7.91. The molecule has 0 aliphatic rings. The zero-order chi connectivity index (χ0) is 13.6. The van der Waals surface area contributed by atoms with Crippen molar-refractivity contribution in [2.24, 2.45) is 7.05 Å². The van der Waals surface area contributed by atoms with E-state index in [2.05, 4.69) is 10.1 Å². The molecule has 0 unspecified atom stereocenters. The van der Waals surface area contributed by atoms with Gasteiger partial charge in [-0.15, -0.1) is 5.10 Å². The van der Waals surface area contributed by atoms with Crippen molar-refractivity contribution in [1.82, 2.24) is 19.2 Å². The highest BCUT2D eigenvalue weighted by Gasteiger charge is 2.16. The molecule has 6 nitrogen and oxygen atoms in total. The van der Waals surface area contributed by atoms with Crippen molar-refractivity contribution in [3.05, 3.63) is 41.7 Å². The van der Waals surface area contributed by atoms with Gasteiger partial charge in [0.25, 0.3) is 0 Å². The maximum atomic E-state index is 10.9. The number of imidazole rings is 1. The molecule has 0 aliphatic heterocycles. The highest BCUT2D eigenvalue weighted by atomic mass is 16.4. The first kappa shape index (κ1) is 11.5. The zero-order valence-electron chi connectivity index (χ0n) is 10.5. The summed E-state index contributed by atoms with van der Waals surface area (Å²) >= 11 is 0. The summed E-state index contributed by atoms with van der Waals surface area (Å²) in [6.45, 7) is 2.01. The van der Waals surface area contributed by atoms with Crippen LogP contribution in [0.25, 0.3) is 17.2 Å². The average molecular weight is 256 g/mol. The van der Waals surface area contributed by atoms with Gasteiger partial charge in [0.15, 0.2) is 11.5 Å². The van der Waals surface area contributed by atoms with Gasteiger partial charge >= 0.3 is 5.97 Å². The van der Waals surface area contributed by atoms with E-state index in [1.807, 2.05) is 38.2 Å². The Bertz CT molecular complexity index is 785. The van der Waals surface area contributed by atoms with Gasteiger partial charge in [0.05, 0.1) is 6.20 Å². The van der Waals surface area contributed by atoms with Crippen LogP contribution in [0.15, 0.2) is 30.5 Å². The largest absolute Gasteiger partial charge is 0.476 e. The van der Waals surface area contributed by atoms with Gasteiger partial charge in [0.1, 0.15) is 0 Å². The van der Waals surface area contributed by atoms with Crippen LogP contribution in [-0.4, -0.2) is 30.2 Å². The molecule has 0 atom stereocenters. The smallest absolute Gasteiger partial charge is 0.356 e. The molecule has 2 heterocycles. The molecule has 19 heavy (non-hydrogen) atoms. The molecule has 6 heteroatoms. The van der Waals surface area contributed by atoms with Crippen LogP contribution in [0.2, 0.25) is 0 Å². The summed E-state index contributed by atoms with van der Waals surface area (Å²) in [5, 5.41) is 13.3. The molecule has 0 bridgehead atoms. The normalized spacial score (nSPS) is 11.1. The molecule has 1 N–H and O–H groups in total. The molecule has 0 aliphatic carbocycles. The predicted molar refractivity (Wildman–Crippen MR) is 69.1 cm³/mol. The number of carbonyl (C=O) groups is 1. The lowest BCUT2D eigenvalue weighted by Gasteiger charge is -2.03. The maximum Gasteiger partial charge on any atom is 0.356 e. The minimum atomic E-state index is -1.05. The number of aromatic nitrogens is 4. The molecule has 1 aromatic carbocycles. The number of hydrogen-bond donors (Lipinski definition) is 1. The average Bonchev–Trinajstić information content (AvgIpc) is 2.91. The van der Waals surface area contributed by atoms with Crippen molar-refractivity contribution in [2.75, 3.05) is 0 Å². The molecule has 0 saturated heterocycles. The first-order chi connectivity index (χ1) is 9.08. The van der Waals surface area contributed by atoms with Crippen LogP contribution in [0.4, 0.5) is 0 Å². The number of aryl methyl sites for hydroxylation is 2. The Kier molecular flexibility index (Phi) is 2.38. The summed E-state index contributed by atoms with van der Waals surface area (Å²) < 4.78 is 3.28. The number of carboxylic acids is 1. The van der Waals surface area contributed by atoms with Crippen LogP contribution < -0.4 is 0 Å². The van der Waals surface area contributed by atoms with Gasteiger partial charge in [-0.1, -0.05) is 24.3 Å². The fourth-order valence-corrected chi connectivity index (χ4v) is 2.09. The van der Waals surface area contributed by atoms with Gasteiger partial charge in [-0.25, -0.2) is 14.3 Å². The summed E-state index contributed by atoms with van der Waals surface area (Å²) in [6.07, 6.45) is 1.42. The van der Waals surface area contributed by atoms with Gasteiger partial charge in [-0.05, 0) is 12.5 Å². The van der Waals surface area contributed by atoms with Crippen LogP contribution in [0.1, 0.15) is 16.1 Å². The van der Waals surface area contributed by atoms with E-state index < -0.39 is 5.97 Å². The van der Waals surface area contributed by atoms with Crippen molar-refractivity contribution in [1.29, 1.82) is 0 Å². The highest BCUT2D eigenvalue weighted by Crippen LogP contribution is 2.22. The zero-order valence-corrected chi connectivity index (χ0v) is 10.5. The lowest BCUT2D eigenvalue weighted by Crippen LogP contribution is -1.99. The highest BCUT2D eigenvalue weighted by molar-refractivity contribution is 5.86. The Morgan fingerprint density at radius 2 is 2.05 bits per heavy atom. The molecular weight excluding hydrogens is 244 g/mol. The summed E-state index contributed by atoms with van der Waals surface area (Å²) in [5.74, 6) is 0.219. The topological polar surface area (TPSA) is 72.4 Å². The van der Waals surface area contributed by atoms with E-state index in [9.17, 15) is 4.79 Å². The quantitative estimate of drug-likeness (QED) is 0.758. The number of rotatable bonds is 2. The standard InChI is InChI=1S/C13H12N4O2/c1-8-5-3-4-6-9(8)11-15-17-7-10(12(18)19)14-13(17)16(11)2/h3-7H,1-2H3,(H,18,19). The van der Waals surface area contributed by atoms with Gasteiger partial charge in [0.2, 0.25) is 5.78 Å². The minimum Gasteiger partial charge on any atom is -0.476 e. The summed E-state index contributed by atoms with van der Waals surface area (Å²) in [5.41, 5.74) is 2.11. The second-order valence-electron chi connectivity index (χ2n) is 4.37. The number of nitrogens with zero attached hydrogens (tertiary/aromatic N) is 4. The fraction of sp³-hybridized carbons (Fsp3) is 0.154. The molecule has 0 amide bonds. The molecular formula is C13H12N4O2. The van der Waals surface area contributed by atoms with E-state index >= 15 is 0 Å². The molecule has 0 radical (unpaired) electrons. The first-order valence-corrected chi connectivity index (χ1v) is 5.79. The second kappa shape index (κ2) is 3.94. The van der Waals surface area contributed by atoms with E-state index in [-0.39, 0.29) is 5.69 Å². The van der Waals surface area contributed by atoms with Crippen molar-refractivity contribution < 1.29 is 9.90 Å². The molecule has 3 aromatic rings. The monoisotopic (exact) mass is 256 g/mol. The summed E-state index contributed by atoms with van der Waals surface area (Å²) in [4.78, 5) is 14.9. The Labute approximate surface area is 108 Å². The van der Waals surface area contributed by atoms with Gasteiger partial charge < -0.3 is 5.11 Å². The number of aromatic carboxylic acids is 1. The van der Waals surface area contributed by atoms with E-state index in [4.69, 9.17) is 5.11 Å². The van der Waals surface area contributed by atoms with Crippen LogP contribution in [0.3, 0.4) is 0 Å². The molecule has 0 fully saturated rings. The third-order valence-corrected chi connectivity index (χ3v) is 3.10. The van der Waals surface area contributed by atoms with Crippen LogP contribution in [-0.2, 0) is 7.05 Å². The molecule has 96 valence electrons. The fourth-order valence-electron chi connectivity index (χ4n) is 2.09. The molecule has 2 aromatic heterocycles. The van der Waals surface area contributed by atoms with Crippen molar-refractivity contribution in [2.45, 2.75) is 6.92 Å². The second-order valence-corrected chi connectivity index (χ2v) is 4.37. The number of benzene rings is 1. The van der Waals surface area contributed by atoms with E-state index in [1.54, 1.807) is 4.57 Å². The van der Waals surface area contributed by atoms with E-state index in [0.29, 0.717) is 5.78 Å². The number of carboxylic acid groups (broad SMARTS) is 1. The maximum absolute atomic E-state index is 10.9. The Morgan fingerprint density at radius 3 is 2.68 bits per heavy atom. The van der Waals surface area contributed by atoms with E-state index in [1.165, 1.54) is 10.7 Å². The third-order valence-electron chi connectivity index (χ3n) is 3.10. The molecule has 0 saturated carbocycles. The number of hydrogen-bond acceptors (Lipinski definition) is 3. The SMILES string of the molecule is Cc1ccccc1-c1nn2cc(C(=O)O)nc2n1C. The van der Waals surface area contributed by atoms with Crippen LogP contribution >= 0.6 is 0 Å². The molecule has 3 rings (SSSR count). The minimum absolute atomic E-state index is 0.00515. The van der Waals surface area contributed by atoms with Crippen LogP contribution in [0.5, 0.6) is 0 Å². The molecule has 0 spiro atoms.